The Bertz CT molecular complexity index is 587. The lowest BCUT2D eigenvalue weighted by Crippen LogP contribution is -2.20. The maximum absolute atomic E-state index is 12.9. The molecule has 0 spiro atoms. The van der Waals surface area contributed by atoms with E-state index in [0.29, 0.717) is 17.1 Å². The Morgan fingerprint density at radius 2 is 1.90 bits per heavy atom. The molecule has 0 heterocycles. The van der Waals surface area contributed by atoms with E-state index in [1.807, 2.05) is 5.48 Å². The molecule has 0 radical (unpaired) electrons. The molecule has 20 heavy (non-hydrogen) atoms. The molecule has 0 fully saturated rings. The van der Waals surface area contributed by atoms with Crippen molar-refractivity contribution in [2.45, 2.75) is 0 Å². The van der Waals surface area contributed by atoms with Crippen molar-refractivity contribution in [1.29, 1.82) is 0 Å². The summed E-state index contributed by atoms with van der Waals surface area (Å²) in [6, 6.07) is 12.0. The largest absolute Gasteiger partial charge is 0.484 e. The molecule has 0 saturated heterocycles. The predicted octanol–water partition coefficient (Wildman–Crippen LogP) is 2.64. The van der Waals surface area contributed by atoms with Crippen LogP contribution < -0.4 is 15.5 Å². The van der Waals surface area contributed by atoms with Crippen LogP contribution in [0.15, 0.2) is 48.5 Å². The highest BCUT2D eigenvalue weighted by Gasteiger charge is 2.04. The molecule has 0 aliphatic carbocycles. The van der Waals surface area contributed by atoms with Crippen LogP contribution in [0.5, 0.6) is 5.75 Å². The summed E-state index contributed by atoms with van der Waals surface area (Å²) >= 11 is 0. The van der Waals surface area contributed by atoms with Crippen LogP contribution in [0.2, 0.25) is 0 Å². The zero-order chi connectivity index (χ0) is 14.4. The molecule has 0 aliphatic rings. The van der Waals surface area contributed by atoms with E-state index in [-0.39, 0.29) is 12.5 Å². The van der Waals surface area contributed by atoms with Gasteiger partial charge in [-0.1, -0.05) is 6.07 Å². The summed E-state index contributed by atoms with van der Waals surface area (Å²) in [6.07, 6.45) is 0. The molecule has 0 aromatic heterocycles. The van der Waals surface area contributed by atoms with Gasteiger partial charge in [0.1, 0.15) is 11.6 Å². The van der Waals surface area contributed by atoms with Crippen LogP contribution in [0.1, 0.15) is 0 Å². The quantitative estimate of drug-likeness (QED) is 0.734. The average molecular weight is 276 g/mol. The molecule has 6 heteroatoms. The molecule has 0 atom stereocenters. The van der Waals surface area contributed by atoms with Gasteiger partial charge < -0.3 is 10.1 Å². The number of amides is 1. The number of ether oxygens (including phenoxy) is 1. The van der Waals surface area contributed by atoms with Crippen LogP contribution in [0.4, 0.5) is 15.8 Å². The lowest BCUT2D eigenvalue weighted by Gasteiger charge is -2.08. The van der Waals surface area contributed by atoms with E-state index in [4.69, 9.17) is 9.94 Å². The summed E-state index contributed by atoms with van der Waals surface area (Å²) < 4.78 is 18.2. The highest BCUT2D eigenvalue weighted by Crippen LogP contribution is 2.15. The van der Waals surface area contributed by atoms with Gasteiger partial charge in [0.2, 0.25) is 0 Å². The smallest absolute Gasteiger partial charge is 0.262 e. The lowest BCUT2D eigenvalue weighted by atomic mass is 10.3. The van der Waals surface area contributed by atoms with Crippen LogP contribution in [0.25, 0.3) is 0 Å². The minimum absolute atomic E-state index is 0.192. The number of carbonyl (C=O) groups is 1. The van der Waals surface area contributed by atoms with E-state index in [9.17, 15) is 9.18 Å². The van der Waals surface area contributed by atoms with Crippen LogP contribution >= 0.6 is 0 Å². The van der Waals surface area contributed by atoms with Crippen LogP contribution in [-0.2, 0) is 4.79 Å². The van der Waals surface area contributed by atoms with Gasteiger partial charge in [0.05, 0.1) is 5.69 Å². The van der Waals surface area contributed by atoms with Crippen molar-refractivity contribution in [2.24, 2.45) is 0 Å². The first-order valence-electron chi connectivity index (χ1n) is 5.86. The number of rotatable bonds is 5. The molecule has 3 N–H and O–H groups in total. The first kappa shape index (κ1) is 13.8. The molecule has 1 amide bonds. The van der Waals surface area contributed by atoms with Gasteiger partial charge in [-0.15, -0.1) is 0 Å². The molecule has 0 unspecified atom stereocenters. The zero-order valence-electron chi connectivity index (χ0n) is 10.5. The summed E-state index contributed by atoms with van der Waals surface area (Å²) in [5.41, 5.74) is 2.88. The third-order valence-corrected chi connectivity index (χ3v) is 2.46. The van der Waals surface area contributed by atoms with E-state index >= 15 is 0 Å². The molecule has 0 saturated carbocycles. The molecule has 0 aliphatic heterocycles. The van der Waals surface area contributed by atoms with Gasteiger partial charge in [-0.2, -0.15) is 0 Å². The van der Waals surface area contributed by atoms with E-state index in [1.54, 1.807) is 30.3 Å². The van der Waals surface area contributed by atoms with Crippen molar-refractivity contribution in [2.75, 3.05) is 17.4 Å². The number of nitrogens with one attached hydrogen (secondary N) is 2. The van der Waals surface area contributed by atoms with Gasteiger partial charge in [-0.25, -0.2) is 4.39 Å². The van der Waals surface area contributed by atoms with E-state index in [2.05, 4.69) is 5.32 Å². The highest BCUT2D eigenvalue weighted by atomic mass is 19.1. The lowest BCUT2D eigenvalue weighted by molar-refractivity contribution is -0.118. The maximum Gasteiger partial charge on any atom is 0.262 e. The standard InChI is InChI=1S/C14H13FN2O3/c15-10-2-1-3-12(8-10)16-14(18)9-20-13-6-4-11(17-19)5-7-13/h1-8,17,19H,9H2,(H,16,18). The monoisotopic (exact) mass is 276 g/mol. The molecule has 2 aromatic rings. The van der Waals surface area contributed by atoms with Gasteiger partial charge in [0.25, 0.3) is 5.91 Å². The number of carbonyl (C=O) groups excluding carboxylic acids is 1. The number of anilines is 2. The SMILES string of the molecule is O=C(COc1ccc(NO)cc1)Nc1cccc(F)c1. The van der Waals surface area contributed by atoms with Gasteiger partial charge in [0, 0.05) is 5.69 Å². The summed E-state index contributed by atoms with van der Waals surface area (Å²) in [5.74, 6) is -0.325. The first-order chi connectivity index (χ1) is 9.67. The van der Waals surface area contributed by atoms with Crippen molar-refractivity contribution in [3.8, 4) is 5.75 Å². The van der Waals surface area contributed by atoms with Crippen molar-refractivity contribution in [1.82, 2.24) is 0 Å². The Labute approximate surface area is 115 Å². The zero-order valence-corrected chi connectivity index (χ0v) is 10.5. The number of hydrogen-bond donors (Lipinski definition) is 3. The van der Waals surface area contributed by atoms with Gasteiger partial charge in [-0.3, -0.25) is 15.5 Å². The molecular weight excluding hydrogens is 263 g/mol. The van der Waals surface area contributed by atoms with E-state index in [0.717, 1.165) is 0 Å². The van der Waals surface area contributed by atoms with Crippen molar-refractivity contribution < 1.29 is 19.1 Å². The summed E-state index contributed by atoms with van der Waals surface area (Å²) in [6.45, 7) is -0.192. The van der Waals surface area contributed by atoms with Gasteiger partial charge in [-0.05, 0) is 42.5 Å². The maximum atomic E-state index is 12.9. The number of halogens is 1. The topological polar surface area (TPSA) is 70.6 Å². The Morgan fingerprint density at radius 3 is 2.55 bits per heavy atom. The van der Waals surface area contributed by atoms with Crippen LogP contribution in [0, 0.1) is 5.82 Å². The molecule has 5 nitrogen and oxygen atoms in total. The Kier molecular flexibility index (Phi) is 4.52. The number of hydrogen-bond acceptors (Lipinski definition) is 4. The van der Waals surface area contributed by atoms with Crippen molar-refractivity contribution >= 4 is 17.3 Å². The Morgan fingerprint density at radius 1 is 1.15 bits per heavy atom. The second-order valence-electron chi connectivity index (χ2n) is 3.98. The third-order valence-electron chi connectivity index (χ3n) is 2.46. The summed E-state index contributed by atoms with van der Waals surface area (Å²) in [4.78, 5) is 11.6. The van der Waals surface area contributed by atoms with Crippen molar-refractivity contribution in [3.05, 3.63) is 54.3 Å². The first-order valence-corrected chi connectivity index (χ1v) is 5.86. The molecule has 104 valence electrons. The third kappa shape index (κ3) is 3.96. The van der Waals surface area contributed by atoms with Gasteiger partial charge in [0.15, 0.2) is 6.61 Å². The molecule has 2 aromatic carbocycles. The van der Waals surface area contributed by atoms with Crippen LogP contribution in [0.3, 0.4) is 0 Å². The average Bonchev–Trinajstić information content (AvgIpc) is 2.46. The second-order valence-corrected chi connectivity index (χ2v) is 3.98. The highest BCUT2D eigenvalue weighted by molar-refractivity contribution is 5.91. The van der Waals surface area contributed by atoms with E-state index < -0.39 is 5.82 Å². The van der Waals surface area contributed by atoms with Crippen molar-refractivity contribution in [3.63, 3.8) is 0 Å². The summed E-state index contributed by atoms with van der Waals surface area (Å²) in [7, 11) is 0. The fraction of sp³-hybridized carbons (Fsp3) is 0.0714. The minimum atomic E-state index is -0.421. The minimum Gasteiger partial charge on any atom is -0.484 e. The number of benzene rings is 2. The Hall–Kier alpha value is -2.60. The second kappa shape index (κ2) is 6.53. The fourth-order valence-corrected chi connectivity index (χ4v) is 1.54. The van der Waals surface area contributed by atoms with Gasteiger partial charge >= 0.3 is 0 Å². The molecular formula is C14H13FN2O3. The molecule has 2 rings (SSSR count). The predicted molar refractivity (Wildman–Crippen MR) is 72.4 cm³/mol. The Balaban J connectivity index is 1.85. The fourth-order valence-electron chi connectivity index (χ4n) is 1.54. The van der Waals surface area contributed by atoms with Crippen LogP contribution in [-0.4, -0.2) is 17.7 Å². The van der Waals surface area contributed by atoms with E-state index in [1.165, 1.54) is 18.2 Å². The molecule has 0 bridgehead atoms. The normalized spacial score (nSPS) is 9.90. The summed E-state index contributed by atoms with van der Waals surface area (Å²) in [5, 5.41) is 11.2.